The van der Waals surface area contributed by atoms with Crippen LogP contribution in [-0.4, -0.2) is 37.2 Å². The van der Waals surface area contributed by atoms with E-state index in [9.17, 15) is 14.4 Å². The minimum Gasteiger partial charge on any atom is -0.462 e. The molecule has 0 aromatic rings. The van der Waals surface area contributed by atoms with Crippen LogP contribution in [0.15, 0.2) is 109 Å². The van der Waals surface area contributed by atoms with Crippen molar-refractivity contribution < 1.29 is 28.6 Å². The van der Waals surface area contributed by atoms with Gasteiger partial charge in [-0.3, -0.25) is 14.4 Å². The highest BCUT2D eigenvalue weighted by Crippen LogP contribution is 2.17. The Labute approximate surface area is 514 Å². The summed E-state index contributed by atoms with van der Waals surface area (Å²) in [6, 6.07) is 0. The van der Waals surface area contributed by atoms with E-state index in [4.69, 9.17) is 14.2 Å². The minimum absolute atomic E-state index is 0.0746. The lowest BCUT2D eigenvalue weighted by molar-refractivity contribution is -0.167. The molecule has 476 valence electrons. The van der Waals surface area contributed by atoms with Crippen LogP contribution in [0.4, 0.5) is 0 Å². The molecule has 0 bridgehead atoms. The first-order valence-corrected chi connectivity index (χ1v) is 35.4. The molecule has 0 aliphatic rings. The second kappa shape index (κ2) is 70.6. The average molecular weight is 1150 g/mol. The van der Waals surface area contributed by atoms with Gasteiger partial charge < -0.3 is 14.2 Å². The maximum absolute atomic E-state index is 12.9. The van der Waals surface area contributed by atoms with E-state index in [-0.39, 0.29) is 31.1 Å². The van der Waals surface area contributed by atoms with E-state index < -0.39 is 6.10 Å². The van der Waals surface area contributed by atoms with Crippen molar-refractivity contribution in [1.82, 2.24) is 0 Å². The predicted octanol–water partition coefficient (Wildman–Crippen LogP) is 24.6. The maximum atomic E-state index is 12.9. The van der Waals surface area contributed by atoms with Crippen LogP contribution >= 0.6 is 0 Å². The maximum Gasteiger partial charge on any atom is 0.306 e. The Morgan fingerprint density at radius 3 is 0.735 bits per heavy atom. The fraction of sp³-hybridized carbons (Fsp3) is 0.727. The summed E-state index contributed by atoms with van der Waals surface area (Å²) >= 11 is 0. The molecule has 0 aliphatic heterocycles. The summed E-state index contributed by atoms with van der Waals surface area (Å²) in [5.74, 6) is -0.865. The van der Waals surface area contributed by atoms with Crippen molar-refractivity contribution >= 4 is 17.9 Å². The van der Waals surface area contributed by atoms with E-state index >= 15 is 0 Å². The largest absolute Gasteiger partial charge is 0.462 e. The zero-order valence-electron chi connectivity index (χ0n) is 54.7. The van der Waals surface area contributed by atoms with Gasteiger partial charge in [0.15, 0.2) is 6.10 Å². The molecule has 6 nitrogen and oxygen atoms in total. The van der Waals surface area contributed by atoms with Crippen LogP contribution in [0.25, 0.3) is 0 Å². The highest BCUT2D eigenvalue weighted by molar-refractivity contribution is 5.71. The number of carbonyl (C=O) groups is 3. The smallest absolute Gasteiger partial charge is 0.306 e. The van der Waals surface area contributed by atoms with E-state index in [1.807, 2.05) is 0 Å². The minimum atomic E-state index is -0.778. The first-order valence-electron chi connectivity index (χ1n) is 35.4. The van der Waals surface area contributed by atoms with Crippen LogP contribution in [0.5, 0.6) is 0 Å². The molecule has 0 saturated heterocycles. The van der Waals surface area contributed by atoms with Crippen LogP contribution < -0.4 is 0 Å². The standard InChI is InChI=1S/C77H132O6/c1-4-7-10-13-16-19-21-23-25-27-29-31-33-35-36-37-38-39-40-42-43-45-47-49-51-53-55-58-61-64-67-70-76(79)82-73-74(72-81-75(78)69-66-63-60-57-18-15-12-9-6-3)83-77(80)71-68-65-62-59-56-54-52-50-48-46-44-41-34-32-30-28-26-24-22-20-17-14-11-8-5-2/h7-8,10-11,16-17,19-20,23-26,29-32,35-36,74H,4-6,9,12-15,18,21-22,27-28,33-34,37-73H2,1-3H3/b10-7-,11-8-,19-16-,20-17-,25-23-,26-24-,31-29-,32-30-,36-35-. The molecule has 0 heterocycles. The molecule has 0 aromatic heterocycles. The van der Waals surface area contributed by atoms with Crippen molar-refractivity contribution in [2.45, 2.75) is 348 Å². The van der Waals surface area contributed by atoms with Crippen LogP contribution in [-0.2, 0) is 28.6 Å². The third kappa shape index (κ3) is 68.7. The average Bonchev–Trinajstić information content (AvgIpc) is 3.49. The fourth-order valence-corrected chi connectivity index (χ4v) is 10.1. The summed E-state index contributed by atoms with van der Waals surface area (Å²) in [6.07, 6.45) is 97.0. The number of rotatable bonds is 64. The number of carbonyl (C=O) groups excluding carboxylic acids is 3. The Kier molecular flexibility index (Phi) is 67.2. The van der Waals surface area contributed by atoms with Gasteiger partial charge in [0, 0.05) is 19.3 Å². The summed E-state index contributed by atoms with van der Waals surface area (Å²) < 4.78 is 16.9. The van der Waals surface area contributed by atoms with Crippen LogP contribution in [0, 0.1) is 0 Å². The number of allylic oxidation sites excluding steroid dienone is 18. The molecule has 0 fully saturated rings. The van der Waals surface area contributed by atoms with Gasteiger partial charge >= 0.3 is 17.9 Å². The number of ether oxygens (including phenoxy) is 3. The lowest BCUT2D eigenvalue weighted by Crippen LogP contribution is -2.30. The van der Waals surface area contributed by atoms with Crippen molar-refractivity contribution in [3.8, 4) is 0 Å². The normalized spacial score (nSPS) is 12.8. The van der Waals surface area contributed by atoms with E-state index in [1.54, 1.807) is 0 Å². The summed E-state index contributed by atoms with van der Waals surface area (Å²) in [4.78, 5) is 38.3. The monoisotopic (exact) mass is 1150 g/mol. The summed E-state index contributed by atoms with van der Waals surface area (Å²) in [5, 5.41) is 0. The quantitative estimate of drug-likeness (QED) is 0.0261. The molecule has 0 N–H and O–H groups in total. The molecule has 83 heavy (non-hydrogen) atoms. The van der Waals surface area contributed by atoms with E-state index in [2.05, 4.69) is 130 Å². The van der Waals surface area contributed by atoms with Gasteiger partial charge in [0.05, 0.1) is 0 Å². The van der Waals surface area contributed by atoms with Gasteiger partial charge in [0.25, 0.3) is 0 Å². The van der Waals surface area contributed by atoms with Gasteiger partial charge in [-0.1, -0.05) is 329 Å². The molecule has 0 rings (SSSR count). The van der Waals surface area contributed by atoms with Gasteiger partial charge in [-0.15, -0.1) is 0 Å². The molecule has 6 heteroatoms. The Bertz CT molecular complexity index is 1660. The third-order valence-corrected chi connectivity index (χ3v) is 15.3. The molecular formula is C77H132O6. The van der Waals surface area contributed by atoms with E-state index in [1.165, 1.54) is 186 Å². The second-order valence-corrected chi connectivity index (χ2v) is 23.4. The molecule has 0 saturated carbocycles. The second-order valence-electron chi connectivity index (χ2n) is 23.4. The van der Waals surface area contributed by atoms with Gasteiger partial charge in [-0.05, 0) is 103 Å². The Balaban J connectivity index is 4.13. The van der Waals surface area contributed by atoms with Gasteiger partial charge in [-0.2, -0.15) is 0 Å². The predicted molar refractivity (Wildman–Crippen MR) is 362 cm³/mol. The molecule has 0 aromatic carbocycles. The molecular weight excluding hydrogens is 1020 g/mol. The number of hydrogen-bond donors (Lipinski definition) is 0. The van der Waals surface area contributed by atoms with Crippen molar-refractivity contribution in [3.63, 3.8) is 0 Å². The first kappa shape index (κ1) is 79.1. The fourth-order valence-electron chi connectivity index (χ4n) is 10.1. The lowest BCUT2D eigenvalue weighted by atomic mass is 10.0. The zero-order valence-corrected chi connectivity index (χ0v) is 54.7. The van der Waals surface area contributed by atoms with Crippen molar-refractivity contribution in [2.24, 2.45) is 0 Å². The molecule has 1 atom stereocenters. The Hall–Kier alpha value is -3.93. The molecule has 0 spiro atoms. The zero-order chi connectivity index (χ0) is 59.9. The summed E-state index contributed by atoms with van der Waals surface area (Å²) in [6.45, 7) is 6.43. The highest BCUT2D eigenvalue weighted by atomic mass is 16.6. The molecule has 0 radical (unpaired) electrons. The van der Waals surface area contributed by atoms with Crippen LogP contribution in [0.3, 0.4) is 0 Å². The number of hydrogen-bond acceptors (Lipinski definition) is 6. The van der Waals surface area contributed by atoms with Gasteiger partial charge in [0.1, 0.15) is 13.2 Å². The third-order valence-electron chi connectivity index (χ3n) is 15.3. The first-order chi connectivity index (χ1) is 41.0. The molecule has 0 aliphatic carbocycles. The highest BCUT2D eigenvalue weighted by Gasteiger charge is 2.19. The van der Waals surface area contributed by atoms with Gasteiger partial charge in [0.2, 0.25) is 0 Å². The summed E-state index contributed by atoms with van der Waals surface area (Å²) in [7, 11) is 0. The SMILES string of the molecule is CC/C=C\C/C=C\C/C=C\C/C=C\C/C=C\CCCCCCCCCCCCCCCCCC(=O)OCC(COC(=O)CCCCCCCCCCC)OC(=O)CCCCCCCCCCCCCC/C=C\C/C=C\C/C=C\C/C=C\CC. The number of unbranched alkanes of at least 4 members (excludes halogenated alkanes) is 35. The molecule has 1 unspecified atom stereocenters. The van der Waals surface area contributed by atoms with Crippen molar-refractivity contribution in [3.05, 3.63) is 109 Å². The van der Waals surface area contributed by atoms with Crippen LogP contribution in [0.2, 0.25) is 0 Å². The lowest BCUT2D eigenvalue weighted by Gasteiger charge is -2.18. The van der Waals surface area contributed by atoms with Crippen LogP contribution in [0.1, 0.15) is 342 Å². The van der Waals surface area contributed by atoms with Crippen molar-refractivity contribution in [2.75, 3.05) is 13.2 Å². The van der Waals surface area contributed by atoms with Crippen molar-refractivity contribution in [1.29, 1.82) is 0 Å². The topological polar surface area (TPSA) is 78.9 Å². The Morgan fingerprint density at radius 2 is 0.470 bits per heavy atom. The number of esters is 3. The Morgan fingerprint density at radius 1 is 0.253 bits per heavy atom. The molecule has 0 amide bonds. The van der Waals surface area contributed by atoms with E-state index in [0.29, 0.717) is 19.3 Å². The van der Waals surface area contributed by atoms with E-state index in [0.717, 1.165) is 116 Å². The van der Waals surface area contributed by atoms with Gasteiger partial charge in [-0.25, -0.2) is 0 Å². The summed E-state index contributed by atoms with van der Waals surface area (Å²) in [5.41, 5.74) is 0.